The smallest absolute Gasteiger partial charge is 0.306 e. The topological polar surface area (TPSA) is 52.6 Å². The lowest BCUT2D eigenvalue weighted by atomic mass is 9.86. The van der Waals surface area contributed by atoms with Crippen LogP contribution in [0.4, 0.5) is 0 Å². The van der Waals surface area contributed by atoms with E-state index >= 15 is 0 Å². The molecule has 0 aliphatic heterocycles. The molecule has 4 heteroatoms. The van der Waals surface area contributed by atoms with E-state index in [1.54, 1.807) is 0 Å². The van der Waals surface area contributed by atoms with Gasteiger partial charge < -0.3 is 9.47 Å². The van der Waals surface area contributed by atoms with Gasteiger partial charge in [-0.3, -0.25) is 9.59 Å². The Morgan fingerprint density at radius 1 is 1.05 bits per heavy atom. The lowest BCUT2D eigenvalue weighted by Gasteiger charge is -2.22. The van der Waals surface area contributed by atoms with Gasteiger partial charge in [0.25, 0.3) is 0 Å². The normalized spacial score (nSPS) is 12.5. The predicted molar refractivity (Wildman–Crippen MR) is 88.4 cm³/mol. The van der Waals surface area contributed by atoms with Crippen molar-refractivity contribution in [2.24, 2.45) is 11.3 Å². The van der Waals surface area contributed by atoms with Gasteiger partial charge in [-0.25, -0.2) is 0 Å². The van der Waals surface area contributed by atoms with Gasteiger partial charge in [0.2, 0.25) is 0 Å². The second kappa shape index (κ2) is 10.4. The first-order valence-corrected chi connectivity index (χ1v) is 8.05. The Hall–Kier alpha value is -1.32. The maximum Gasteiger partial charge on any atom is 0.306 e. The highest BCUT2D eigenvalue weighted by molar-refractivity contribution is 5.72. The summed E-state index contributed by atoms with van der Waals surface area (Å²) in [5.74, 6) is -0.165. The van der Waals surface area contributed by atoms with Crippen molar-refractivity contribution in [1.29, 1.82) is 0 Å². The van der Waals surface area contributed by atoms with Gasteiger partial charge in [-0.1, -0.05) is 33.3 Å². The third-order valence-corrected chi connectivity index (χ3v) is 2.99. The summed E-state index contributed by atoms with van der Waals surface area (Å²) in [5, 5.41) is 0. The molecule has 0 aromatic heterocycles. The molecule has 128 valence electrons. The van der Waals surface area contributed by atoms with Crippen LogP contribution in [0, 0.1) is 11.3 Å². The van der Waals surface area contributed by atoms with Crippen LogP contribution in [0.25, 0.3) is 0 Å². The second-order valence-electron chi connectivity index (χ2n) is 7.37. The predicted octanol–water partition coefficient (Wildman–Crippen LogP) is 4.28. The summed E-state index contributed by atoms with van der Waals surface area (Å²) in [4.78, 5) is 23.0. The van der Waals surface area contributed by atoms with Crippen molar-refractivity contribution in [1.82, 2.24) is 0 Å². The minimum Gasteiger partial charge on any atom is -0.465 e. The molecule has 0 rings (SSSR count). The van der Waals surface area contributed by atoms with E-state index in [9.17, 15) is 9.59 Å². The highest BCUT2D eigenvalue weighted by Gasteiger charge is 2.16. The van der Waals surface area contributed by atoms with E-state index in [-0.39, 0.29) is 30.2 Å². The lowest BCUT2D eigenvalue weighted by Crippen LogP contribution is -2.17. The van der Waals surface area contributed by atoms with Crippen LogP contribution in [0.5, 0.6) is 0 Å². The number of carbonyl (C=O) groups excluding carboxylic acids is 2. The van der Waals surface area contributed by atoms with Crippen molar-refractivity contribution < 1.29 is 19.1 Å². The molecule has 0 heterocycles. The molecule has 0 aliphatic carbocycles. The maximum atomic E-state index is 11.6. The minimum atomic E-state index is -0.272. The van der Waals surface area contributed by atoms with Gasteiger partial charge in [0.05, 0.1) is 6.61 Å². The number of rotatable bonds is 9. The molecule has 0 aliphatic rings. The van der Waals surface area contributed by atoms with Gasteiger partial charge in [0, 0.05) is 12.8 Å². The Labute approximate surface area is 135 Å². The average molecular weight is 312 g/mol. The van der Waals surface area contributed by atoms with Crippen molar-refractivity contribution in [2.75, 3.05) is 13.2 Å². The van der Waals surface area contributed by atoms with E-state index in [2.05, 4.69) is 27.7 Å². The maximum absolute atomic E-state index is 11.6. The molecular formula is C18H32O4. The highest BCUT2D eigenvalue weighted by atomic mass is 16.5. The fraction of sp³-hybridized carbons (Fsp3) is 0.778. The molecule has 22 heavy (non-hydrogen) atoms. The molecule has 0 bridgehead atoms. The van der Waals surface area contributed by atoms with Gasteiger partial charge >= 0.3 is 11.9 Å². The monoisotopic (exact) mass is 312 g/mol. The Bertz CT molecular complexity index is 373. The summed E-state index contributed by atoms with van der Waals surface area (Å²) in [7, 11) is 0. The van der Waals surface area contributed by atoms with E-state index < -0.39 is 0 Å². The van der Waals surface area contributed by atoms with Crippen molar-refractivity contribution in [3.8, 4) is 0 Å². The zero-order chi connectivity index (χ0) is 17.2. The van der Waals surface area contributed by atoms with Crippen molar-refractivity contribution in [3.63, 3.8) is 0 Å². The van der Waals surface area contributed by atoms with Gasteiger partial charge in [-0.2, -0.15) is 0 Å². The van der Waals surface area contributed by atoms with Gasteiger partial charge in [0.15, 0.2) is 0 Å². The first kappa shape index (κ1) is 20.7. The summed E-state index contributed by atoms with van der Waals surface area (Å²) < 4.78 is 10.3. The molecule has 1 atom stereocenters. The van der Waals surface area contributed by atoms with E-state index in [0.29, 0.717) is 25.6 Å². The van der Waals surface area contributed by atoms with Gasteiger partial charge in [-0.05, 0) is 44.1 Å². The number of carbonyl (C=O) groups is 2. The summed E-state index contributed by atoms with van der Waals surface area (Å²) >= 11 is 0. The van der Waals surface area contributed by atoms with Crippen LogP contribution in [0.2, 0.25) is 0 Å². The van der Waals surface area contributed by atoms with Crippen molar-refractivity contribution in [3.05, 3.63) is 11.6 Å². The molecule has 4 nitrogen and oxygen atoms in total. The molecular weight excluding hydrogens is 280 g/mol. The third kappa shape index (κ3) is 13.7. The van der Waals surface area contributed by atoms with E-state index in [1.165, 1.54) is 0 Å². The highest BCUT2D eigenvalue weighted by Crippen LogP contribution is 2.24. The fourth-order valence-corrected chi connectivity index (χ4v) is 2.16. The van der Waals surface area contributed by atoms with Crippen LogP contribution in [0.15, 0.2) is 11.6 Å². The lowest BCUT2D eigenvalue weighted by molar-refractivity contribution is -0.146. The molecule has 0 aromatic rings. The Kier molecular flexibility index (Phi) is 9.79. The molecule has 0 N–H and O–H groups in total. The second-order valence-corrected chi connectivity index (χ2v) is 7.37. The van der Waals surface area contributed by atoms with Crippen LogP contribution in [-0.2, 0) is 19.1 Å². The molecule has 0 amide bonds. The molecule has 0 fully saturated rings. The molecule has 0 aromatic carbocycles. The molecule has 1 unspecified atom stereocenters. The SMILES string of the molecule is CC(C)=CCOC(=O)CCCC(=O)OCC(C)CC(C)(C)C. The number of allylic oxidation sites excluding steroid dienone is 1. The van der Waals surface area contributed by atoms with Crippen LogP contribution in [-0.4, -0.2) is 25.2 Å². The van der Waals surface area contributed by atoms with Gasteiger partial charge in [0.1, 0.15) is 6.61 Å². The number of ether oxygens (including phenoxy) is 2. The van der Waals surface area contributed by atoms with Crippen molar-refractivity contribution >= 4 is 11.9 Å². The minimum absolute atomic E-state index is 0.237. The summed E-state index contributed by atoms with van der Waals surface area (Å²) in [6, 6.07) is 0. The first-order chi connectivity index (χ1) is 10.1. The Balaban J connectivity index is 3.73. The standard InChI is InChI=1S/C18H32O4/c1-14(2)10-11-21-16(19)8-7-9-17(20)22-13-15(3)12-18(4,5)6/h10,15H,7-9,11-13H2,1-6H3. The number of hydrogen-bond donors (Lipinski definition) is 0. The third-order valence-electron chi connectivity index (χ3n) is 2.99. The average Bonchev–Trinajstić information content (AvgIpc) is 2.34. The van der Waals surface area contributed by atoms with Crippen LogP contribution in [0.1, 0.15) is 67.2 Å². The Morgan fingerprint density at radius 3 is 2.09 bits per heavy atom. The summed E-state index contributed by atoms with van der Waals surface area (Å²) in [6.45, 7) is 13.2. The van der Waals surface area contributed by atoms with Gasteiger partial charge in [-0.15, -0.1) is 0 Å². The van der Waals surface area contributed by atoms with Crippen molar-refractivity contribution in [2.45, 2.75) is 67.2 Å². The summed E-state index contributed by atoms with van der Waals surface area (Å²) in [6.07, 6.45) is 3.85. The number of hydrogen-bond acceptors (Lipinski definition) is 4. The fourth-order valence-electron chi connectivity index (χ4n) is 2.16. The van der Waals surface area contributed by atoms with E-state index in [4.69, 9.17) is 9.47 Å². The Morgan fingerprint density at radius 2 is 1.59 bits per heavy atom. The van der Waals surface area contributed by atoms with Crippen LogP contribution >= 0.6 is 0 Å². The van der Waals surface area contributed by atoms with E-state index in [0.717, 1.165) is 12.0 Å². The largest absolute Gasteiger partial charge is 0.465 e. The molecule has 0 spiro atoms. The number of esters is 2. The van der Waals surface area contributed by atoms with Crippen LogP contribution < -0.4 is 0 Å². The molecule has 0 saturated heterocycles. The first-order valence-electron chi connectivity index (χ1n) is 8.05. The quantitative estimate of drug-likeness (QED) is 0.471. The molecule has 0 radical (unpaired) electrons. The zero-order valence-corrected chi connectivity index (χ0v) is 15.0. The van der Waals surface area contributed by atoms with E-state index in [1.807, 2.05) is 19.9 Å². The molecule has 0 saturated carbocycles. The van der Waals surface area contributed by atoms with Crippen LogP contribution in [0.3, 0.4) is 0 Å². The zero-order valence-electron chi connectivity index (χ0n) is 15.0. The summed E-state index contributed by atoms with van der Waals surface area (Å²) in [5.41, 5.74) is 1.35.